The van der Waals surface area contributed by atoms with Gasteiger partial charge in [0.1, 0.15) is 5.82 Å². The van der Waals surface area contributed by atoms with Crippen LogP contribution < -0.4 is 5.73 Å². The molecule has 1 aromatic heterocycles. The molecule has 5 heteroatoms. The van der Waals surface area contributed by atoms with Crippen LogP contribution in [0.1, 0.15) is 33.0 Å². The zero-order valence-electron chi connectivity index (χ0n) is 14.2. The molecular weight excluding hydrogens is 312 g/mol. The molecule has 2 heterocycles. The number of fused-ring (bicyclic) bond motifs is 2. The van der Waals surface area contributed by atoms with Crippen LogP contribution in [0.2, 0.25) is 0 Å². The SMILES string of the molecule is Cc1ncc2c(n1)CCN(C(=O)c1ccc3cccc(CN)c3c1)C2. The van der Waals surface area contributed by atoms with Crippen molar-refractivity contribution in [2.75, 3.05) is 6.54 Å². The van der Waals surface area contributed by atoms with Gasteiger partial charge in [-0.25, -0.2) is 9.97 Å². The van der Waals surface area contributed by atoms with Crippen molar-refractivity contribution in [1.29, 1.82) is 0 Å². The van der Waals surface area contributed by atoms with E-state index in [2.05, 4.69) is 9.97 Å². The normalized spacial score (nSPS) is 13.8. The number of aryl methyl sites for hydroxylation is 1. The van der Waals surface area contributed by atoms with Gasteiger partial charge in [0, 0.05) is 43.4 Å². The lowest BCUT2D eigenvalue weighted by Crippen LogP contribution is -2.36. The molecule has 0 aliphatic carbocycles. The summed E-state index contributed by atoms with van der Waals surface area (Å²) in [6.07, 6.45) is 2.61. The quantitative estimate of drug-likeness (QED) is 0.783. The summed E-state index contributed by atoms with van der Waals surface area (Å²) in [4.78, 5) is 23.6. The van der Waals surface area contributed by atoms with Gasteiger partial charge in [0.25, 0.3) is 5.91 Å². The highest BCUT2D eigenvalue weighted by Crippen LogP contribution is 2.23. The van der Waals surface area contributed by atoms with Crippen molar-refractivity contribution in [3.63, 3.8) is 0 Å². The van der Waals surface area contributed by atoms with Gasteiger partial charge in [0.15, 0.2) is 0 Å². The molecule has 0 radical (unpaired) electrons. The Balaban J connectivity index is 1.65. The van der Waals surface area contributed by atoms with Crippen molar-refractivity contribution < 1.29 is 4.79 Å². The van der Waals surface area contributed by atoms with E-state index < -0.39 is 0 Å². The molecule has 3 aromatic rings. The van der Waals surface area contributed by atoms with Crippen LogP contribution in [0.15, 0.2) is 42.6 Å². The summed E-state index contributed by atoms with van der Waals surface area (Å²) in [6.45, 7) is 3.59. The largest absolute Gasteiger partial charge is 0.334 e. The van der Waals surface area contributed by atoms with Crippen LogP contribution in [-0.4, -0.2) is 27.3 Å². The summed E-state index contributed by atoms with van der Waals surface area (Å²) in [7, 11) is 0. The second-order valence-electron chi connectivity index (χ2n) is 6.42. The number of amides is 1. The van der Waals surface area contributed by atoms with Crippen molar-refractivity contribution in [2.24, 2.45) is 5.73 Å². The molecule has 2 aromatic carbocycles. The third-order valence-corrected chi connectivity index (χ3v) is 4.78. The van der Waals surface area contributed by atoms with E-state index in [9.17, 15) is 4.79 Å². The van der Waals surface area contributed by atoms with E-state index in [4.69, 9.17) is 5.73 Å². The number of carbonyl (C=O) groups excluding carboxylic acids is 1. The molecule has 1 aliphatic rings. The van der Waals surface area contributed by atoms with Gasteiger partial charge in [-0.2, -0.15) is 0 Å². The first-order valence-electron chi connectivity index (χ1n) is 8.48. The second kappa shape index (κ2) is 6.26. The summed E-state index contributed by atoms with van der Waals surface area (Å²) in [5, 5.41) is 2.15. The molecule has 2 N–H and O–H groups in total. The van der Waals surface area contributed by atoms with E-state index in [0.29, 0.717) is 25.2 Å². The van der Waals surface area contributed by atoms with Crippen molar-refractivity contribution in [3.05, 3.63) is 70.8 Å². The minimum atomic E-state index is 0.0416. The van der Waals surface area contributed by atoms with Gasteiger partial charge in [-0.3, -0.25) is 4.79 Å². The highest BCUT2D eigenvalue weighted by Gasteiger charge is 2.23. The lowest BCUT2D eigenvalue weighted by atomic mass is 10.0. The summed E-state index contributed by atoms with van der Waals surface area (Å²) in [5.74, 6) is 0.822. The van der Waals surface area contributed by atoms with Gasteiger partial charge < -0.3 is 10.6 Å². The van der Waals surface area contributed by atoms with Crippen molar-refractivity contribution >= 4 is 16.7 Å². The topological polar surface area (TPSA) is 72.1 Å². The smallest absolute Gasteiger partial charge is 0.254 e. The van der Waals surface area contributed by atoms with Crippen LogP contribution in [0.4, 0.5) is 0 Å². The average Bonchev–Trinajstić information content (AvgIpc) is 2.66. The lowest BCUT2D eigenvalue weighted by Gasteiger charge is -2.28. The van der Waals surface area contributed by atoms with Gasteiger partial charge in [0.2, 0.25) is 0 Å². The number of carbonyl (C=O) groups is 1. The van der Waals surface area contributed by atoms with Gasteiger partial charge in [0.05, 0.1) is 5.69 Å². The van der Waals surface area contributed by atoms with E-state index in [0.717, 1.165) is 39.8 Å². The first-order valence-corrected chi connectivity index (χ1v) is 8.48. The van der Waals surface area contributed by atoms with Crippen molar-refractivity contribution in [2.45, 2.75) is 26.4 Å². The summed E-state index contributed by atoms with van der Waals surface area (Å²) >= 11 is 0. The maximum atomic E-state index is 13.0. The summed E-state index contributed by atoms with van der Waals surface area (Å²) < 4.78 is 0. The Hall–Kier alpha value is -2.79. The fraction of sp³-hybridized carbons (Fsp3) is 0.250. The summed E-state index contributed by atoms with van der Waals surface area (Å²) in [6, 6.07) is 11.9. The van der Waals surface area contributed by atoms with Gasteiger partial charge >= 0.3 is 0 Å². The average molecular weight is 332 g/mol. The fourth-order valence-electron chi connectivity index (χ4n) is 3.42. The third kappa shape index (κ3) is 2.87. The molecule has 0 fully saturated rings. The predicted octanol–water partition coefficient (Wildman–Crippen LogP) is 2.60. The molecule has 1 aliphatic heterocycles. The minimum absolute atomic E-state index is 0.0416. The molecule has 1 amide bonds. The molecular formula is C20H20N4O. The van der Waals surface area contributed by atoms with Gasteiger partial charge in [-0.1, -0.05) is 24.3 Å². The Morgan fingerprint density at radius 2 is 2.16 bits per heavy atom. The molecule has 0 atom stereocenters. The van der Waals surface area contributed by atoms with Gasteiger partial charge in [-0.05, 0) is 35.4 Å². The highest BCUT2D eigenvalue weighted by atomic mass is 16.2. The first-order chi connectivity index (χ1) is 12.2. The van der Waals surface area contributed by atoms with Crippen molar-refractivity contribution in [3.8, 4) is 0 Å². The third-order valence-electron chi connectivity index (χ3n) is 4.78. The molecule has 0 saturated carbocycles. The number of nitrogens with zero attached hydrogens (tertiary/aromatic N) is 3. The maximum absolute atomic E-state index is 13.0. The summed E-state index contributed by atoms with van der Waals surface area (Å²) in [5.41, 5.74) is 9.69. The van der Waals surface area contributed by atoms with Crippen LogP contribution in [0.3, 0.4) is 0 Å². The molecule has 126 valence electrons. The Bertz CT molecular complexity index is 967. The van der Waals surface area contributed by atoms with Crippen LogP contribution in [0.25, 0.3) is 10.8 Å². The molecule has 0 unspecified atom stereocenters. The van der Waals surface area contributed by atoms with Crippen LogP contribution >= 0.6 is 0 Å². The van der Waals surface area contributed by atoms with Gasteiger partial charge in [-0.15, -0.1) is 0 Å². The van der Waals surface area contributed by atoms with E-state index >= 15 is 0 Å². The fourth-order valence-corrected chi connectivity index (χ4v) is 3.42. The number of aromatic nitrogens is 2. The van der Waals surface area contributed by atoms with E-state index in [1.807, 2.05) is 54.4 Å². The molecule has 4 rings (SSSR count). The molecule has 0 saturated heterocycles. The maximum Gasteiger partial charge on any atom is 0.254 e. The number of rotatable bonds is 2. The predicted molar refractivity (Wildman–Crippen MR) is 97.1 cm³/mol. The first kappa shape index (κ1) is 15.7. The van der Waals surface area contributed by atoms with Crippen LogP contribution in [-0.2, 0) is 19.5 Å². The zero-order valence-corrected chi connectivity index (χ0v) is 14.2. The lowest BCUT2D eigenvalue weighted by molar-refractivity contribution is 0.0733. The standard InChI is InChI=1S/C20H20N4O/c1-13-22-11-17-12-24(8-7-19(17)23-13)20(25)15-6-5-14-3-2-4-16(10-21)18(14)9-15/h2-6,9,11H,7-8,10,12,21H2,1H3. The Morgan fingerprint density at radius 1 is 1.28 bits per heavy atom. The number of hydrogen-bond acceptors (Lipinski definition) is 4. The minimum Gasteiger partial charge on any atom is -0.334 e. The van der Waals surface area contributed by atoms with E-state index in [1.54, 1.807) is 0 Å². The van der Waals surface area contributed by atoms with Crippen LogP contribution in [0, 0.1) is 6.92 Å². The molecule has 0 spiro atoms. The van der Waals surface area contributed by atoms with E-state index in [1.165, 1.54) is 0 Å². The van der Waals surface area contributed by atoms with Crippen LogP contribution in [0.5, 0.6) is 0 Å². The molecule has 0 bridgehead atoms. The number of hydrogen-bond donors (Lipinski definition) is 1. The number of nitrogens with two attached hydrogens (primary N) is 1. The zero-order chi connectivity index (χ0) is 17.4. The second-order valence-corrected chi connectivity index (χ2v) is 6.42. The van der Waals surface area contributed by atoms with Crippen molar-refractivity contribution in [1.82, 2.24) is 14.9 Å². The van der Waals surface area contributed by atoms with E-state index in [-0.39, 0.29) is 5.91 Å². The Morgan fingerprint density at radius 3 is 3.00 bits per heavy atom. The highest BCUT2D eigenvalue weighted by molar-refractivity contribution is 5.99. The Labute approximate surface area is 146 Å². The Kier molecular flexibility index (Phi) is 3.93. The monoisotopic (exact) mass is 332 g/mol. The molecule has 25 heavy (non-hydrogen) atoms. The number of benzene rings is 2. The molecule has 5 nitrogen and oxygen atoms in total.